The monoisotopic (exact) mass is 584 g/mol. The van der Waals surface area contributed by atoms with Crippen LogP contribution in [0.4, 0.5) is 5.69 Å². The topological polar surface area (TPSA) is 124 Å². The van der Waals surface area contributed by atoms with Crippen LogP contribution in [-0.4, -0.2) is 55.7 Å². The summed E-state index contributed by atoms with van der Waals surface area (Å²) in [4.78, 5) is 63.3. The number of non-ortho nitro benzene ring substituents is 1. The summed E-state index contributed by atoms with van der Waals surface area (Å²) in [6.45, 7) is 2.84. The van der Waals surface area contributed by atoms with Gasteiger partial charge in [-0.05, 0) is 36.3 Å². The second-order valence-corrected chi connectivity index (χ2v) is 11.2. The van der Waals surface area contributed by atoms with E-state index in [0.717, 1.165) is 11.3 Å². The summed E-state index contributed by atoms with van der Waals surface area (Å²) in [5.41, 5.74) is -0.00826. The molecule has 2 aliphatic carbocycles. The van der Waals surface area contributed by atoms with E-state index in [1.54, 1.807) is 13.8 Å². The summed E-state index contributed by atoms with van der Waals surface area (Å²) in [6.07, 6.45) is 0.785. The summed E-state index contributed by atoms with van der Waals surface area (Å²) in [5.74, 6) is -3.31. The standard InChI is InChI=1S/C22H22Br2N2O7/c1-9(2)19(22(30)33-8-14(27)10-3-5-11(6-4-10)26(31)32)25-20(28)15-12-7-13(16(15)21(25)29)18(24)17(12)23/h3-6,9,12-13,15-19H,7-8H2,1-2H3/t12-,13-,15-,16-,17-,18+,19-/m1/s1. The molecule has 1 saturated heterocycles. The van der Waals surface area contributed by atoms with E-state index < -0.39 is 47.1 Å². The van der Waals surface area contributed by atoms with Crippen LogP contribution in [0.25, 0.3) is 0 Å². The molecule has 2 amide bonds. The van der Waals surface area contributed by atoms with Gasteiger partial charge in [-0.15, -0.1) is 0 Å². The first kappa shape index (κ1) is 24.0. The number of nitro benzene ring substituents is 1. The highest BCUT2D eigenvalue weighted by Gasteiger charge is 2.67. The molecule has 1 aromatic rings. The fourth-order valence-electron chi connectivity index (χ4n) is 5.40. The van der Waals surface area contributed by atoms with Gasteiger partial charge in [0.15, 0.2) is 12.4 Å². The van der Waals surface area contributed by atoms with Crippen molar-refractivity contribution in [3.8, 4) is 0 Å². The van der Waals surface area contributed by atoms with Gasteiger partial charge in [0.25, 0.3) is 5.69 Å². The van der Waals surface area contributed by atoms with Crippen molar-refractivity contribution in [3.05, 3.63) is 39.9 Å². The van der Waals surface area contributed by atoms with Crippen molar-refractivity contribution in [1.82, 2.24) is 4.90 Å². The summed E-state index contributed by atoms with van der Waals surface area (Å²) < 4.78 is 5.22. The molecular weight excluding hydrogens is 564 g/mol. The number of benzene rings is 1. The molecular formula is C22H22Br2N2O7. The number of nitrogens with zero attached hydrogens (tertiary/aromatic N) is 2. The first-order chi connectivity index (χ1) is 15.5. The van der Waals surface area contributed by atoms with Gasteiger partial charge in [-0.1, -0.05) is 45.7 Å². The number of esters is 1. The minimum atomic E-state index is -1.12. The quantitative estimate of drug-likeness (QED) is 0.120. The van der Waals surface area contributed by atoms with Gasteiger partial charge in [0, 0.05) is 27.4 Å². The van der Waals surface area contributed by atoms with Crippen molar-refractivity contribution in [2.45, 2.75) is 36.0 Å². The molecule has 176 valence electrons. The largest absolute Gasteiger partial charge is 0.456 e. The summed E-state index contributed by atoms with van der Waals surface area (Å²) in [5, 5.41) is 10.8. The maximum absolute atomic E-state index is 13.3. The normalized spacial score (nSPS) is 31.1. The fraction of sp³-hybridized carbons (Fsp3) is 0.545. The van der Waals surface area contributed by atoms with Crippen molar-refractivity contribution in [2.24, 2.45) is 29.6 Å². The third-order valence-electron chi connectivity index (χ3n) is 6.92. The Morgan fingerprint density at radius 2 is 1.61 bits per heavy atom. The Kier molecular flexibility index (Phi) is 6.47. The number of carbonyl (C=O) groups excluding carboxylic acids is 4. The molecule has 2 saturated carbocycles. The molecule has 2 bridgehead atoms. The van der Waals surface area contributed by atoms with Crippen LogP contribution >= 0.6 is 31.9 Å². The second kappa shape index (κ2) is 8.90. The predicted molar refractivity (Wildman–Crippen MR) is 123 cm³/mol. The van der Waals surface area contributed by atoms with E-state index in [2.05, 4.69) is 31.9 Å². The van der Waals surface area contributed by atoms with Gasteiger partial charge >= 0.3 is 5.97 Å². The van der Waals surface area contributed by atoms with E-state index in [4.69, 9.17) is 4.74 Å². The number of amides is 2. The number of likely N-dealkylation sites (tertiary alicyclic amines) is 1. The Hall–Kier alpha value is -2.14. The zero-order valence-electron chi connectivity index (χ0n) is 17.9. The number of Topliss-reactive ketones (excluding diaryl/α,β-unsaturated/α-hetero) is 1. The van der Waals surface area contributed by atoms with Gasteiger partial charge in [-0.3, -0.25) is 29.4 Å². The molecule has 3 fully saturated rings. The number of hydrogen-bond donors (Lipinski definition) is 0. The molecule has 0 unspecified atom stereocenters. The summed E-state index contributed by atoms with van der Waals surface area (Å²) >= 11 is 7.28. The molecule has 0 spiro atoms. The molecule has 1 aliphatic heterocycles. The fourth-order valence-corrected chi connectivity index (χ4v) is 7.27. The number of alkyl halides is 2. The van der Waals surface area contributed by atoms with Crippen LogP contribution in [0, 0.1) is 39.7 Å². The van der Waals surface area contributed by atoms with Crippen LogP contribution in [0.15, 0.2) is 24.3 Å². The molecule has 3 aliphatic rings. The maximum atomic E-state index is 13.3. The van der Waals surface area contributed by atoms with Crippen molar-refractivity contribution in [2.75, 3.05) is 6.61 Å². The number of rotatable bonds is 7. The smallest absolute Gasteiger partial charge is 0.330 e. The first-order valence-corrected chi connectivity index (χ1v) is 12.5. The zero-order chi connectivity index (χ0) is 24.2. The van der Waals surface area contributed by atoms with Crippen molar-refractivity contribution < 1.29 is 28.8 Å². The molecule has 1 heterocycles. The number of fused-ring (bicyclic) bond motifs is 5. The lowest BCUT2D eigenvalue weighted by Gasteiger charge is -2.28. The molecule has 9 nitrogen and oxygen atoms in total. The van der Waals surface area contributed by atoms with Gasteiger partial charge in [0.2, 0.25) is 11.8 Å². The van der Waals surface area contributed by atoms with Crippen LogP contribution in [0.5, 0.6) is 0 Å². The van der Waals surface area contributed by atoms with Gasteiger partial charge < -0.3 is 4.74 Å². The Bertz CT molecular complexity index is 996. The molecule has 0 radical (unpaired) electrons. The highest BCUT2D eigenvalue weighted by atomic mass is 79.9. The van der Waals surface area contributed by atoms with Gasteiger partial charge in [-0.2, -0.15) is 0 Å². The molecule has 0 N–H and O–H groups in total. The van der Waals surface area contributed by atoms with E-state index in [0.29, 0.717) is 0 Å². The van der Waals surface area contributed by atoms with Gasteiger partial charge in [0.05, 0.1) is 16.8 Å². The van der Waals surface area contributed by atoms with Crippen molar-refractivity contribution >= 4 is 61.1 Å². The molecule has 33 heavy (non-hydrogen) atoms. The molecule has 0 aromatic heterocycles. The number of halogens is 2. The van der Waals surface area contributed by atoms with E-state index in [9.17, 15) is 29.3 Å². The third-order valence-corrected chi connectivity index (χ3v) is 10.1. The average Bonchev–Trinajstić information content (AvgIpc) is 3.38. The van der Waals surface area contributed by atoms with Crippen LogP contribution < -0.4 is 0 Å². The lowest BCUT2D eigenvalue weighted by atomic mass is 9.81. The Morgan fingerprint density at radius 1 is 1.09 bits per heavy atom. The molecule has 11 heteroatoms. The lowest BCUT2D eigenvalue weighted by Crippen LogP contribution is -2.50. The minimum Gasteiger partial charge on any atom is -0.456 e. The van der Waals surface area contributed by atoms with Crippen LogP contribution in [0.1, 0.15) is 30.6 Å². The van der Waals surface area contributed by atoms with Gasteiger partial charge in [0.1, 0.15) is 6.04 Å². The predicted octanol–water partition coefficient (Wildman–Crippen LogP) is 3.12. The number of imide groups is 1. The first-order valence-electron chi connectivity index (χ1n) is 10.6. The van der Waals surface area contributed by atoms with E-state index in [1.165, 1.54) is 24.3 Å². The van der Waals surface area contributed by atoms with E-state index in [-0.39, 0.29) is 44.6 Å². The zero-order valence-corrected chi connectivity index (χ0v) is 21.0. The average molecular weight is 586 g/mol. The maximum Gasteiger partial charge on any atom is 0.330 e. The Balaban J connectivity index is 1.47. The third kappa shape index (κ3) is 3.92. The van der Waals surface area contributed by atoms with Crippen molar-refractivity contribution in [1.29, 1.82) is 0 Å². The summed E-state index contributed by atoms with van der Waals surface area (Å²) in [6, 6.07) is 3.82. The number of ketones is 1. The molecule has 4 rings (SSSR count). The molecule has 1 aromatic carbocycles. The highest BCUT2D eigenvalue weighted by molar-refractivity contribution is 9.12. The lowest BCUT2D eigenvalue weighted by molar-refractivity contribution is -0.384. The minimum absolute atomic E-state index is 0.0263. The highest BCUT2D eigenvalue weighted by Crippen LogP contribution is 2.60. The second-order valence-electron chi connectivity index (χ2n) is 9.07. The van der Waals surface area contributed by atoms with Gasteiger partial charge in [-0.25, -0.2) is 4.79 Å². The number of hydrogen-bond acceptors (Lipinski definition) is 7. The number of nitro groups is 1. The van der Waals surface area contributed by atoms with Crippen LogP contribution in [0.2, 0.25) is 0 Å². The number of carbonyl (C=O) groups is 4. The molecule has 7 atom stereocenters. The van der Waals surface area contributed by atoms with E-state index in [1.807, 2.05) is 0 Å². The SMILES string of the molecule is CC(C)[C@H](C(=O)OCC(=O)c1ccc([N+](=O)[O-])cc1)N1C(=O)[C@@H]2[C@H]3C[C@@H]([C@@H](Br)[C@H]3Br)[C@H]2C1=O. The Morgan fingerprint density at radius 3 is 2.06 bits per heavy atom. The Labute approximate surface area is 206 Å². The summed E-state index contributed by atoms with van der Waals surface area (Å²) in [7, 11) is 0. The van der Waals surface area contributed by atoms with Crippen LogP contribution in [-0.2, 0) is 19.1 Å². The van der Waals surface area contributed by atoms with Crippen molar-refractivity contribution in [3.63, 3.8) is 0 Å². The van der Waals surface area contributed by atoms with E-state index >= 15 is 0 Å². The number of ether oxygens (including phenoxy) is 1. The van der Waals surface area contributed by atoms with Crippen LogP contribution in [0.3, 0.4) is 0 Å².